The minimum atomic E-state index is -1.19. The summed E-state index contributed by atoms with van der Waals surface area (Å²) in [6.07, 6.45) is 28.2. The van der Waals surface area contributed by atoms with Crippen molar-refractivity contribution in [2.75, 3.05) is 0 Å². The molecule has 0 fully saturated rings. The zero-order valence-corrected chi connectivity index (χ0v) is 36.7. The number of carbonyl (C=O) groups excluding carboxylic acids is 3. The third-order valence-corrected chi connectivity index (χ3v) is 10.7. The molecule has 2 aromatic carbocycles. The van der Waals surface area contributed by atoms with Crippen LogP contribution < -0.4 is 0 Å². The van der Waals surface area contributed by atoms with E-state index in [9.17, 15) is 14.4 Å². The summed E-state index contributed by atoms with van der Waals surface area (Å²) in [5, 5.41) is 0. The van der Waals surface area contributed by atoms with E-state index in [-0.39, 0.29) is 0 Å². The molecule has 2 unspecified atom stereocenters. The predicted molar refractivity (Wildman–Crippen MR) is 231 cm³/mol. The molecule has 0 N–H and O–H groups in total. The minimum Gasteiger partial charge on any atom is -0.400 e. The summed E-state index contributed by atoms with van der Waals surface area (Å²) in [6.45, 7) is 8.11. The summed E-state index contributed by atoms with van der Waals surface area (Å²) in [5.41, 5.74) is 2.17. The number of unbranched alkanes of at least 4 members (excludes halogenated alkanes) is 24. The molecular formula is C49H78O9. The Labute approximate surface area is 351 Å². The second kappa shape index (κ2) is 34.4. The van der Waals surface area contributed by atoms with Crippen LogP contribution in [0.1, 0.15) is 225 Å². The molecule has 2 aromatic rings. The zero-order chi connectivity index (χ0) is 41.9. The summed E-state index contributed by atoms with van der Waals surface area (Å²) < 4.78 is 11.1. The van der Waals surface area contributed by atoms with Gasteiger partial charge in [0.25, 0.3) is 0 Å². The zero-order valence-electron chi connectivity index (χ0n) is 36.7. The molecule has 0 amide bonds. The molecule has 9 heteroatoms. The van der Waals surface area contributed by atoms with Crippen molar-refractivity contribution >= 4 is 18.1 Å². The predicted octanol–water partition coefficient (Wildman–Crippen LogP) is 14.9. The molecule has 0 spiro atoms. The van der Waals surface area contributed by atoms with E-state index in [0.29, 0.717) is 36.8 Å². The Bertz CT molecular complexity index is 1250. The highest BCUT2D eigenvalue weighted by molar-refractivity contribution is 5.91. The van der Waals surface area contributed by atoms with E-state index in [1.54, 1.807) is 50.2 Å². The lowest BCUT2D eigenvalue weighted by Crippen LogP contribution is -2.29. The van der Waals surface area contributed by atoms with Crippen LogP contribution >= 0.6 is 0 Å². The van der Waals surface area contributed by atoms with E-state index >= 15 is 0 Å². The smallest absolute Gasteiger partial charge is 0.400 e. The van der Waals surface area contributed by atoms with Crippen LogP contribution in [-0.2, 0) is 29.0 Å². The Morgan fingerprint density at radius 1 is 0.414 bits per heavy atom. The van der Waals surface area contributed by atoms with Gasteiger partial charge in [0.05, 0.1) is 11.1 Å². The molecule has 2 rings (SSSR count). The van der Waals surface area contributed by atoms with Crippen LogP contribution in [0.3, 0.4) is 0 Å². The van der Waals surface area contributed by atoms with Crippen LogP contribution in [0.25, 0.3) is 0 Å². The number of hydrogen-bond donors (Lipinski definition) is 0. The molecule has 0 aliphatic heterocycles. The van der Waals surface area contributed by atoms with Crippen LogP contribution in [0, 0.1) is 13.8 Å². The first-order chi connectivity index (χ1) is 28.3. The fourth-order valence-electron chi connectivity index (χ4n) is 7.04. The van der Waals surface area contributed by atoms with Gasteiger partial charge in [0, 0.05) is 12.8 Å². The van der Waals surface area contributed by atoms with Gasteiger partial charge in [0.1, 0.15) is 0 Å². The van der Waals surface area contributed by atoms with Crippen molar-refractivity contribution in [3.8, 4) is 0 Å². The summed E-state index contributed by atoms with van der Waals surface area (Å²) in [7, 11) is 0. The Kier molecular flexibility index (Phi) is 30.1. The van der Waals surface area contributed by atoms with Crippen molar-refractivity contribution in [2.24, 2.45) is 0 Å². The fraction of sp³-hybridized carbons (Fsp3) is 0.694. The number of aryl methyl sites for hydroxylation is 2. The van der Waals surface area contributed by atoms with E-state index in [1.165, 1.54) is 116 Å². The lowest BCUT2D eigenvalue weighted by molar-refractivity contribution is -0.348. The maximum atomic E-state index is 13.2. The SMILES string of the molecule is CCCCCCCCCCCCCCCC(OOC(=O)c1ccccc1C)OC(=O)OC(CCCCCCCCCCCCCCC)OOC(=O)c1ccccc1C. The Morgan fingerprint density at radius 2 is 0.690 bits per heavy atom. The molecule has 2 atom stereocenters. The average Bonchev–Trinajstić information content (AvgIpc) is 3.22. The van der Waals surface area contributed by atoms with Crippen molar-refractivity contribution in [3.63, 3.8) is 0 Å². The van der Waals surface area contributed by atoms with Gasteiger partial charge in [0.2, 0.25) is 12.6 Å². The Hall–Kier alpha value is -3.43. The molecular weight excluding hydrogens is 733 g/mol. The van der Waals surface area contributed by atoms with Crippen molar-refractivity contribution in [3.05, 3.63) is 70.8 Å². The number of benzene rings is 2. The van der Waals surface area contributed by atoms with Gasteiger partial charge in [-0.15, -0.1) is 9.78 Å². The first-order valence-electron chi connectivity index (χ1n) is 23.1. The largest absolute Gasteiger partial charge is 0.513 e. The van der Waals surface area contributed by atoms with Gasteiger partial charge in [-0.05, 0) is 49.9 Å². The molecule has 0 bridgehead atoms. The number of carbonyl (C=O) groups is 3. The monoisotopic (exact) mass is 811 g/mol. The van der Waals surface area contributed by atoms with Crippen LogP contribution in [0.15, 0.2) is 48.5 Å². The second-order valence-electron chi connectivity index (χ2n) is 16.0. The third-order valence-electron chi connectivity index (χ3n) is 10.7. The van der Waals surface area contributed by atoms with E-state index in [2.05, 4.69) is 13.8 Å². The van der Waals surface area contributed by atoms with Crippen LogP contribution in [0.2, 0.25) is 0 Å². The van der Waals surface area contributed by atoms with Crippen LogP contribution in [-0.4, -0.2) is 30.7 Å². The summed E-state index contributed by atoms with van der Waals surface area (Å²) in [6, 6.07) is 14.1. The van der Waals surface area contributed by atoms with E-state index in [1.807, 2.05) is 12.1 Å². The van der Waals surface area contributed by atoms with Crippen molar-refractivity contribution in [1.82, 2.24) is 0 Å². The van der Waals surface area contributed by atoms with Crippen LogP contribution in [0.4, 0.5) is 4.79 Å². The number of rotatable bonds is 36. The molecule has 0 aliphatic rings. The van der Waals surface area contributed by atoms with Gasteiger partial charge >= 0.3 is 18.1 Å². The van der Waals surface area contributed by atoms with Crippen molar-refractivity contribution in [1.29, 1.82) is 0 Å². The molecule has 328 valence electrons. The highest BCUT2D eigenvalue weighted by atomic mass is 17.2. The molecule has 0 aliphatic carbocycles. The third kappa shape index (κ3) is 25.1. The standard InChI is InChI=1S/C49H78O9/c1-5-7-9-11-13-15-17-19-21-23-25-27-29-39-45(55-57-47(50)43-37-33-31-35-41(43)3)53-49(52)54-46(56-58-48(51)44-38-34-32-36-42(44)4)40-30-28-26-24-22-20-18-16-14-12-10-8-6-2/h31-38,45-46H,5-30,39-40H2,1-4H3. The molecule has 0 saturated heterocycles. The maximum absolute atomic E-state index is 13.2. The summed E-state index contributed by atoms with van der Waals surface area (Å²) in [4.78, 5) is 60.0. The highest BCUT2D eigenvalue weighted by Crippen LogP contribution is 2.20. The molecule has 0 heterocycles. The van der Waals surface area contributed by atoms with Gasteiger partial charge in [-0.2, -0.15) is 0 Å². The van der Waals surface area contributed by atoms with Gasteiger partial charge in [0.15, 0.2) is 0 Å². The minimum absolute atomic E-state index is 0.306. The Balaban J connectivity index is 1.88. The van der Waals surface area contributed by atoms with Crippen LogP contribution in [0.5, 0.6) is 0 Å². The topological polar surface area (TPSA) is 107 Å². The highest BCUT2D eigenvalue weighted by Gasteiger charge is 2.25. The first-order valence-corrected chi connectivity index (χ1v) is 23.1. The van der Waals surface area contributed by atoms with Gasteiger partial charge in [-0.25, -0.2) is 14.4 Å². The fourth-order valence-corrected chi connectivity index (χ4v) is 7.04. The van der Waals surface area contributed by atoms with Gasteiger partial charge in [-0.1, -0.05) is 204 Å². The first kappa shape index (κ1) is 50.7. The van der Waals surface area contributed by atoms with E-state index < -0.39 is 30.7 Å². The lowest BCUT2D eigenvalue weighted by atomic mass is 10.0. The van der Waals surface area contributed by atoms with E-state index in [4.69, 9.17) is 29.0 Å². The Morgan fingerprint density at radius 3 is 0.983 bits per heavy atom. The van der Waals surface area contributed by atoms with E-state index in [0.717, 1.165) is 49.7 Å². The molecule has 0 aromatic heterocycles. The lowest BCUT2D eigenvalue weighted by Gasteiger charge is -2.20. The number of hydrogen-bond acceptors (Lipinski definition) is 9. The average molecular weight is 811 g/mol. The molecule has 0 saturated carbocycles. The van der Waals surface area contributed by atoms with Gasteiger partial charge < -0.3 is 9.47 Å². The quantitative estimate of drug-likeness (QED) is 0.0218. The number of ether oxygens (including phenoxy) is 2. The summed E-state index contributed by atoms with van der Waals surface area (Å²) >= 11 is 0. The van der Waals surface area contributed by atoms with Gasteiger partial charge in [-0.3, -0.25) is 9.78 Å². The molecule has 58 heavy (non-hydrogen) atoms. The molecule has 9 nitrogen and oxygen atoms in total. The van der Waals surface area contributed by atoms with Crippen molar-refractivity contribution in [2.45, 2.75) is 220 Å². The maximum Gasteiger partial charge on any atom is 0.513 e. The second-order valence-corrected chi connectivity index (χ2v) is 16.0. The summed E-state index contributed by atoms with van der Waals surface area (Å²) in [5.74, 6) is -1.37. The normalized spacial score (nSPS) is 12.2. The molecule has 0 radical (unpaired) electrons. The van der Waals surface area contributed by atoms with Crippen molar-refractivity contribution < 1.29 is 43.4 Å².